The first-order valence-corrected chi connectivity index (χ1v) is 11.7. The number of anilines is 2. The van der Waals surface area contributed by atoms with E-state index in [0.717, 1.165) is 49.0 Å². The summed E-state index contributed by atoms with van der Waals surface area (Å²) in [5.41, 5.74) is 3.28. The third-order valence-electron chi connectivity index (χ3n) is 6.01. The van der Waals surface area contributed by atoms with Gasteiger partial charge in [0, 0.05) is 30.6 Å². The Balaban J connectivity index is 0.00000153. The summed E-state index contributed by atoms with van der Waals surface area (Å²) in [6, 6.07) is 21.1. The molecule has 2 aromatic carbocycles. The van der Waals surface area contributed by atoms with E-state index in [0.29, 0.717) is 12.6 Å². The third kappa shape index (κ3) is 5.64. The fraction of sp³-hybridized carbons (Fsp3) is 0.320. The highest BCUT2D eigenvalue weighted by Crippen LogP contribution is 2.39. The molecule has 3 aromatic rings. The van der Waals surface area contributed by atoms with Gasteiger partial charge in [-0.2, -0.15) is 0 Å². The monoisotopic (exact) mass is 504 g/mol. The molecule has 5 rings (SSSR count). The maximum Gasteiger partial charge on any atom is 0.139 e. The normalized spacial score (nSPS) is 17.3. The van der Waals surface area contributed by atoms with E-state index in [1.54, 1.807) is 11.3 Å². The van der Waals surface area contributed by atoms with Crippen LogP contribution in [0.4, 0.5) is 16.4 Å². The molecule has 1 N–H and O–H groups in total. The zero-order valence-corrected chi connectivity index (χ0v) is 21.3. The van der Waals surface area contributed by atoms with Crippen molar-refractivity contribution in [1.29, 1.82) is 0 Å². The van der Waals surface area contributed by atoms with Crippen molar-refractivity contribution in [3.05, 3.63) is 71.1 Å². The number of rotatable bonds is 4. The number of ether oxygens (including phenoxy) is 1. The average Bonchev–Trinajstić information content (AvgIpc) is 3.07. The first-order chi connectivity index (χ1) is 15.2. The fourth-order valence-electron chi connectivity index (χ4n) is 4.27. The lowest BCUT2D eigenvalue weighted by atomic mass is 10.1. The predicted octanol–water partition coefficient (Wildman–Crippen LogP) is 6.12. The number of hydrogen-bond donors (Lipinski definition) is 1. The zero-order chi connectivity index (χ0) is 21.2. The number of benzene rings is 2. The van der Waals surface area contributed by atoms with E-state index >= 15 is 0 Å². The van der Waals surface area contributed by atoms with Gasteiger partial charge in [-0.15, -0.1) is 36.2 Å². The van der Waals surface area contributed by atoms with Crippen LogP contribution in [-0.4, -0.2) is 55.0 Å². The number of halogens is 2. The number of fused-ring (bicyclic) bond motifs is 2. The van der Waals surface area contributed by atoms with Gasteiger partial charge < -0.3 is 15.0 Å². The van der Waals surface area contributed by atoms with Crippen LogP contribution >= 0.6 is 36.2 Å². The molecule has 0 bridgehead atoms. The molecule has 0 radical (unpaired) electrons. The van der Waals surface area contributed by atoms with Gasteiger partial charge >= 0.3 is 0 Å². The fourth-order valence-corrected chi connectivity index (χ4v) is 5.19. The minimum absolute atomic E-state index is 0. The van der Waals surface area contributed by atoms with Crippen molar-refractivity contribution in [2.75, 3.05) is 38.6 Å². The summed E-state index contributed by atoms with van der Waals surface area (Å²) in [6.45, 7) is 5.82. The van der Waals surface area contributed by atoms with E-state index < -0.39 is 0 Å². The van der Waals surface area contributed by atoms with Crippen molar-refractivity contribution in [3.8, 4) is 5.75 Å². The number of thiophene rings is 1. The van der Waals surface area contributed by atoms with Gasteiger partial charge in [-0.05, 0) is 50.7 Å². The Hall–Kier alpha value is -2.25. The number of amidine groups is 1. The average molecular weight is 506 g/mol. The summed E-state index contributed by atoms with van der Waals surface area (Å²) in [5, 5.41) is 4.80. The molecule has 2 aliphatic rings. The second-order valence-corrected chi connectivity index (χ2v) is 9.46. The molecule has 176 valence electrons. The Bertz CT molecular complexity index is 1090. The molecule has 0 saturated carbocycles. The van der Waals surface area contributed by atoms with E-state index in [2.05, 4.69) is 59.4 Å². The molecule has 1 saturated heterocycles. The van der Waals surface area contributed by atoms with E-state index in [-0.39, 0.29) is 24.8 Å². The molecule has 0 spiro atoms. The predicted molar refractivity (Wildman–Crippen MR) is 144 cm³/mol. The van der Waals surface area contributed by atoms with Gasteiger partial charge in [0.2, 0.25) is 0 Å². The smallest absolute Gasteiger partial charge is 0.139 e. The Morgan fingerprint density at radius 1 is 1.06 bits per heavy atom. The molecule has 0 amide bonds. The summed E-state index contributed by atoms with van der Waals surface area (Å²) in [5.74, 6) is 2.02. The van der Waals surface area contributed by atoms with Crippen LogP contribution < -0.4 is 10.1 Å². The van der Waals surface area contributed by atoms with Gasteiger partial charge in [-0.3, -0.25) is 4.90 Å². The van der Waals surface area contributed by atoms with Crippen LogP contribution in [0.5, 0.6) is 5.75 Å². The minimum atomic E-state index is 0. The summed E-state index contributed by atoms with van der Waals surface area (Å²) in [6.07, 6.45) is 0.986. The number of nitrogens with zero attached hydrogens (tertiary/aromatic N) is 3. The Morgan fingerprint density at radius 2 is 1.82 bits per heavy atom. The van der Waals surface area contributed by atoms with Gasteiger partial charge in [0.15, 0.2) is 0 Å². The van der Waals surface area contributed by atoms with Crippen molar-refractivity contribution in [3.63, 3.8) is 0 Å². The lowest BCUT2D eigenvalue weighted by molar-refractivity contribution is 0.119. The molecule has 1 unspecified atom stereocenters. The van der Waals surface area contributed by atoms with Crippen molar-refractivity contribution in [2.45, 2.75) is 19.4 Å². The van der Waals surface area contributed by atoms with E-state index in [4.69, 9.17) is 9.73 Å². The highest BCUT2D eigenvalue weighted by molar-refractivity contribution is 7.16. The summed E-state index contributed by atoms with van der Waals surface area (Å²) in [7, 11) is 2.22. The van der Waals surface area contributed by atoms with Crippen LogP contribution in [0.2, 0.25) is 0 Å². The summed E-state index contributed by atoms with van der Waals surface area (Å²) >= 11 is 1.80. The molecular weight excluding hydrogens is 475 g/mol. The topological polar surface area (TPSA) is 40.1 Å². The molecule has 2 aliphatic heterocycles. The number of aryl methyl sites for hydroxylation is 1. The number of hydrogen-bond acceptors (Lipinski definition) is 6. The number of likely N-dealkylation sites (N-methyl/N-ethyl adjacent to an activating group) is 1. The molecule has 33 heavy (non-hydrogen) atoms. The first kappa shape index (κ1) is 25.4. The molecule has 1 atom stereocenters. The van der Waals surface area contributed by atoms with E-state index in [1.165, 1.54) is 15.4 Å². The Labute approximate surface area is 212 Å². The molecule has 8 heteroatoms. The summed E-state index contributed by atoms with van der Waals surface area (Å²) in [4.78, 5) is 11.4. The zero-order valence-electron chi connectivity index (χ0n) is 18.9. The molecular formula is C25H30Cl2N4OS. The van der Waals surface area contributed by atoms with Gasteiger partial charge in [0.25, 0.3) is 0 Å². The summed E-state index contributed by atoms with van der Waals surface area (Å²) < 4.78 is 5.98. The number of aliphatic imine (C=N–C) groups is 1. The van der Waals surface area contributed by atoms with Crippen LogP contribution in [0, 0.1) is 6.92 Å². The van der Waals surface area contributed by atoms with E-state index in [9.17, 15) is 0 Å². The van der Waals surface area contributed by atoms with Crippen LogP contribution in [0.3, 0.4) is 0 Å². The van der Waals surface area contributed by atoms with Gasteiger partial charge in [-0.1, -0.05) is 30.3 Å². The standard InChI is InChI=1S/C25H28N4OS.2ClH/c1-18-16-21-24(26-22-10-6-7-11-23(22)27-25(21)31-18)29-14-13-28(2)19(17-29)12-15-30-20-8-4-3-5-9-20;;/h3-11,16,19,27H,12-15,17H2,1-2H3;2*1H. The van der Waals surface area contributed by atoms with Gasteiger partial charge in [0.05, 0.1) is 23.5 Å². The largest absolute Gasteiger partial charge is 0.494 e. The van der Waals surface area contributed by atoms with Crippen molar-refractivity contribution in [1.82, 2.24) is 9.80 Å². The third-order valence-corrected chi connectivity index (χ3v) is 6.98. The molecule has 1 aromatic heterocycles. The van der Waals surface area contributed by atoms with Crippen molar-refractivity contribution < 1.29 is 4.74 Å². The highest BCUT2D eigenvalue weighted by atomic mass is 35.5. The molecule has 3 heterocycles. The number of nitrogens with one attached hydrogen (secondary N) is 1. The van der Waals surface area contributed by atoms with Crippen LogP contribution in [0.15, 0.2) is 65.7 Å². The van der Waals surface area contributed by atoms with Crippen molar-refractivity contribution >= 4 is 58.4 Å². The minimum Gasteiger partial charge on any atom is -0.494 e. The van der Waals surface area contributed by atoms with E-state index in [1.807, 2.05) is 30.3 Å². The second-order valence-electron chi connectivity index (χ2n) is 8.21. The molecule has 0 aliphatic carbocycles. The lowest BCUT2D eigenvalue weighted by Gasteiger charge is -2.40. The SMILES string of the molecule is Cc1cc2c(s1)Nc1ccccc1N=C2N1CCN(C)C(CCOc2ccccc2)C1.Cl.Cl. The van der Waals surface area contributed by atoms with Gasteiger partial charge in [-0.25, -0.2) is 4.99 Å². The quantitative estimate of drug-likeness (QED) is 0.464. The van der Waals surface area contributed by atoms with Gasteiger partial charge in [0.1, 0.15) is 16.6 Å². The number of para-hydroxylation sites is 3. The van der Waals surface area contributed by atoms with Crippen LogP contribution in [0.25, 0.3) is 0 Å². The Morgan fingerprint density at radius 3 is 2.64 bits per heavy atom. The first-order valence-electron chi connectivity index (χ1n) is 10.9. The lowest BCUT2D eigenvalue weighted by Crippen LogP contribution is -2.53. The molecule has 1 fully saturated rings. The molecule has 5 nitrogen and oxygen atoms in total. The Kier molecular flexibility index (Phi) is 8.65. The van der Waals surface area contributed by atoms with Crippen LogP contribution in [-0.2, 0) is 0 Å². The number of piperazine rings is 1. The highest BCUT2D eigenvalue weighted by Gasteiger charge is 2.30. The van der Waals surface area contributed by atoms with Crippen LogP contribution in [0.1, 0.15) is 16.9 Å². The van der Waals surface area contributed by atoms with Crippen molar-refractivity contribution in [2.24, 2.45) is 4.99 Å². The maximum absolute atomic E-state index is 5.98. The maximum atomic E-state index is 5.98. The second kappa shape index (κ2) is 11.3.